The van der Waals surface area contributed by atoms with Gasteiger partial charge in [-0.25, -0.2) is 0 Å². The van der Waals surface area contributed by atoms with Gasteiger partial charge in [-0.15, -0.1) is 0 Å². The van der Waals surface area contributed by atoms with E-state index in [1.54, 1.807) is 0 Å². The summed E-state index contributed by atoms with van der Waals surface area (Å²) in [7, 11) is 0. The fourth-order valence-electron chi connectivity index (χ4n) is 2.87. The molecule has 122 valence electrons. The Balaban J connectivity index is 1.85. The summed E-state index contributed by atoms with van der Waals surface area (Å²) in [5, 5.41) is 4.09. The number of rotatable bonds is 3. The second kappa shape index (κ2) is 6.83. The minimum atomic E-state index is -0.102. The van der Waals surface area contributed by atoms with E-state index in [0.717, 1.165) is 35.8 Å². The van der Waals surface area contributed by atoms with Crippen molar-refractivity contribution >= 4 is 21.8 Å². The van der Waals surface area contributed by atoms with Crippen molar-refractivity contribution in [1.82, 2.24) is 15.0 Å². The summed E-state index contributed by atoms with van der Waals surface area (Å²) in [6.07, 6.45) is 2.98. The first-order chi connectivity index (χ1) is 11.1. The van der Waals surface area contributed by atoms with Gasteiger partial charge in [0.15, 0.2) is 0 Å². The lowest BCUT2D eigenvalue weighted by molar-refractivity contribution is -0.139. The Labute approximate surface area is 144 Å². The maximum atomic E-state index is 12.4. The van der Waals surface area contributed by atoms with Crippen LogP contribution in [0.1, 0.15) is 45.0 Å². The number of carbonyl (C=O) groups excluding carboxylic acids is 1. The van der Waals surface area contributed by atoms with E-state index in [-0.39, 0.29) is 17.9 Å². The number of piperidine rings is 1. The maximum absolute atomic E-state index is 12.4. The van der Waals surface area contributed by atoms with Gasteiger partial charge in [0.1, 0.15) is 6.04 Å². The number of likely N-dealkylation sites (tertiary alicyclic amines) is 1. The van der Waals surface area contributed by atoms with Gasteiger partial charge in [0.05, 0.1) is 0 Å². The smallest absolute Gasteiger partial charge is 0.249 e. The van der Waals surface area contributed by atoms with Gasteiger partial charge in [0, 0.05) is 22.5 Å². The SMILES string of the molecule is CC(C)C(=O)N1CCCCC1c1nc(-c2ccc(Br)cc2)no1. The molecule has 1 saturated heterocycles. The normalized spacial score (nSPS) is 18.4. The van der Waals surface area contributed by atoms with Crippen molar-refractivity contribution in [3.63, 3.8) is 0 Å². The van der Waals surface area contributed by atoms with E-state index in [4.69, 9.17) is 4.52 Å². The lowest BCUT2D eigenvalue weighted by Crippen LogP contribution is -2.40. The first-order valence-corrected chi connectivity index (χ1v) is 8.75. The highest BCUT2D eigenvalue weighted by molar-refractivity contribution is 9.10. The van der Waals surface area contributed by atoms with Crippen LogP contribution < -0.4 is 0 Å². The van der Waals surface area contributed by atoms with Crippen LogP contribution in [-0.4, -0.2) is 27.5 Å². The minimum absolute atomic E-state index is 0.0236. The third-order valence-corrected chi connectivity index (χ3v) is 4.64. The highest BCUT2D eigenvalue weighted by atomic mass is 79.9. The quantitative estimate of drug-likeness (QED) is 0.803. The molecule has 5 nitrogen and oxygen atoms in total. The Bertz CT molecular complexity index is 681. The average molecular weight is 378 g/mol. The van der Waals surface area contributed by atoms with E-state index in [1.807, 2.05) is 43.0 Å². The van der Waals surface area contributed by atoms with Crippen LogP contribution >= 0.6 is 15.9 Å². The highest BCUT2D eigenvalue weighted by Gasteiger charge is 2.33. The molecule has 1 aromatic heterocycles. The molecule has 0 radical (unpaired) electrons. The van der Waals surface area contributed by atoms with Crippen LogP contribution in [0.3, 0.4) is 0 Å². The molecule has 1 aliphatic heterocycles. The van der Waals surface area contributed by atoms with Crippen LogP contribution in [0, 0.1) is 5.92 Å². The number of carbonyl (C=O) groups is 1. The molecule has 6 heteroatoms. The van der Waals surface area contributed by atoms with Gasteiger partial charge in [0.25, 0.3) is 0 Å². The van der Waals surface area contributed by atoms with Gasteiger partial charge in [-0.05, 0) is 43.5 Å². The molecule has 2 heterocycles. The number of hydrogen-bond acceptors (Lipinski definition) is 4. The van der Waals surface area contributed by atoms with E-state index >= 15 is 0 Å². The molecular weight excluding hydrogens is 358 g/mol. The monoisotopic (exact) mass is 377 g/mol. The number of amides is 1. The Morgan fingerprint density at radius 3 is 2.74 bits per heavy atom. The van der Waals surface area contributed by atoms with E-state index in [1.165, 1.54) is 0 Å². The number of aromatic nitrogens is 2. The summed E-state index contributed by atoms with van der Waals surface area (Å²) in [5.41, 5.74) is 0.903. The van der Waals surface area contributed by atoms with Crippen LogP contribution in [0.2, 0.25) is 0 Å². The zero-order chi connectivity index (χ0) is 16.4. The molecule has 1 unspecified atom stereocenters. The highest BCUT2D eigenvalue weighted by Crippen LogP contribution is 2.32. The molecule has 1 aliphatic rings. The predicted molar refractivity (Wildman–Crippen MR) is 90.6 cm³/mol. The Kier molecular flexibility index (Phi) is 4.80. The second-order valence-electron chi connectivity index (χ2n) is 6.16. The fraction of sp³-hybridized carbons (Fsp3) is 0.471. The van der Waals surface area contributed by atoms with Gasteiger partial charge in [-0.3, -0.25) is 4.79 Å². The summed E-state index contributed by atoms with van der Waals surface area (Å²) < 4.78 is 6.49. The summed E-state index contributed by atoms with van der Waals surface area (Å²) in [6.45, 7) is 4.61. The van der Waals surface area contributed by atoms with Gasteiger partial charge in [-0.1, -0.05) is 34.9 Å². The predicted octanol–water partition coefficient (Wildman–Crippen LogP) is 4.21. The van der Waals surface area contributed by atoms with Crippen LogP contribution in [0.4, 0.5) is 0 Å². The van der Waals surface area contributed by atoms with Crippen molar-refractivity contribution in [3.05, 3.63) is 34.6 Å². The number of hydrogen-bond donors (Lipinski definition) is 0. The van der Waals surface area contributed by atoms with Crippen LogP contribution in [0.15, 0.2) is 33.3 Å². The van der Waals surface area contributed by atoms with Crippen LogP contribution in [0.25, 0.3) is 11.4 Å². The van der Waals surface area contributed by atoms with Crippen molar-refractivity contribution in [2.75, 3.05) is 6.54 Å². The van der Waals surface area contributed by atoms with Crippen molar-refractivity contribution in [1.29, 1.82) is 0 Å². The average Bonchev–Trinajstić information content (AvgIpc) is 3.04. The molecule has 1 fully saturated rings. The molecule has 1 aromatic carbocycles. The number of benzene rings is 1. The molecule has 1 amide bonds. The van der Waals surface area contributed by atoms with Crippen molar-refractivity contribution < 1.29 is 9.32 Å². The van der Waals surface area contributed by atoms with Crippen LogP contribution in [-0.2, 0) is 4.79 Å². The van der Waals surface area contributed by atoms with Crippen molar-refractivity contribution in [2.24, 2.45) is 5.92 Å². The van der Waals surface area contributed by atoms with Gasteiger partial charge in [0.2, 0.25) is 17.6 Å². The molecule has 0 saturated carbocycles. The third kappa shape index (κ3) is 3.47. The molecule has 0 spiro atoms. The first kappa shape index (κ1) is 16.2. The molecule has 0 bridgehead atoms. The Morgan fingerprint density at radius 1 is 1.30 bits per heavy atom. The van der Waals surface area contributed by atoms with Crippen LogP contribution in [0.5, 0.6) is 0 Å². The summed E-state index contributed by atoms with van der Waals surface area (Å²) in [6, 6.07) is 7.67. The molecule has 1 atom stereocenters. The molecule has 3 rings (SSSR count). The van der Waals surface area contributed by atoms with Gasteiger partial charge >= 0.3 is 0 Å². The summed E-state index contributed by atoms with van der Waals surface area (Å²) >= 11 is 3.41. The second-order valence-corrected chi connectivity index (χ2v) is 7.08. The first-order valence-electron chi connectivity index (χ1n) is 7.96. The lowest BCUT2D eigenvalue weighted by atomic mass is 10.00. The third-order valence-electron chi connectivity index (χ3n) is 4.11. The molecule has 0 aliphatic carbocycles. The largest absolute Gasteiger partial charge is 0.337 e. The molecule has 2 aromatic rings. The molecule has 0 N–H and O–H groups in total. The molecule has 23 heavy (non-hydrogen) atoms. The zero-order valence-corrected chi connectivity index (χ0v) is 14.9. The van der Waals surface area contributed by atoms with E-state index in [9.17, 15) is 4.79 Å². The summed E-state index contributed by atoms with van der Waals surface area (Å²) in [4.78, 5) is 18.9. The standard InChI is InChI=1S/C17H20BrN3O2/c1-11(2)17(22)21-10-4-3-5-14(21)16-19-15(20-23-16)12-6-8-13(18)9-7-12/h6-9,11,14H,3-5,10H2,1-2H3. The zero-order valence-electron chi connectivity index (χ0n) is 13.3. The maximum Gasteiger partial charge on any atom is 0.249 e. The Hall–Kier alpha value is -1.69. The minimum Gasteiger partial charge on any atom is -0.337 e. The number of nitrogens with zero attached hydrogens (tertiary/aromatic N) is 3. The van der Waals surface area contributed by atoms with Crippen molar-refractivity contribution in [3.8, 4) is 11.4 Å². The lowest BCUT2D eigenvalue weighted by Gasteiger charge is -2.34. The van der Waals surface area contributed by atoms with E-state index < -0.39 is 0 Å². The van der Waals surface area contributed by atoms with Gasteiger partial charge in [-0.2, -0.15) is 4.98 Å². The fourth-order valence-corrected chi connectivity index (χ4v) is 3.13. The van der Waals surface area contributed by atoms with E-state index in [0.29, 0.717) is 11.7 Å². The van der Waals surface area contributed by atoms with E-state index in [2.05, 4.69) is 26.1 Å². The Morgan fingerprint density at radius 2 is 2.04 bits per heavy atom. The number of halogens is 1. The topological polar surface area (TPSA) is 59.2 Å². The van der Waals surface area contributed by atoms with Gasteiger partial charge < -0.3 is 9.42 Å². The summed E-state index contributed by atoms with van der Waals surface area (Å²) in [5.74, 6) is 1.23. The molecular formula is C17H20BrN3O2. The van der Waals surface area contributed by atoms with Crippen molar-refractivity contribution in [2.45, 2.75) is 39.2 Å².